The van der Waals surface area contributed by atoms with E-state index < -0.39 is 15.9 Å². The molecule has 0 bridgehead atoms. The van der Waals surface area contributed by atoms with E-state index >= 15 is 0 Å². The number of hydrogen-bond acceptors (Lipinski definition) is 4. The van der Waals surface area contributed by atoms with Gasteiger partial charge in [0.05, 0.1) is 21.5 Å². The van der Waals surface area contributed by atoms with Crippen LogP contribution in [0.5, 0.6) is 0 Å². The first-order valence-corrected chi connectivity index (χ1v) is 11.8. The lowest BCUT2D eigenvalue weighted by atomic mass is 10.00. The highest BCUT2D eigenvalue weighted by molar-refractivity contribution is 7.89. The molecule has 0 saturated carbocycles. The Bertz CT molecular complexity index is 1050. The molecule has 1 N–H and O–H groups in total. The number of halogens is 1. The maximum absolute atomic E-state index is 13.0. The first kappa shape index (κ1) is 22.7. The lowest BCUT2D eigenvalue weighted by Crippen LogP contribution is -2.47. The third kappa shape index (κ3) is 4.86. The molecule has 0 aromatic heterocycles. The molecule has 30 heavy (non-hydrogen) atoms. The number of benzene rings is 2. The monoisotopic (exact) mass is 449 g/mol. The topological polar surface area (TPSA) is 69.7 Å². The standard InChI is InChI=1S/C22H28ClN3O3S/c1-15-5-6-16(2)19(13-15)17(3)24-22(27)20-14-18(7-8-21(20)23)30(28,29)26-11-9-25(4)10-12-26/h5-8,13-14,17H,9-12H2,1-4H3,(H,24,27)/t17-/m1/s1. The second-order valence-electron chi connectivity index (χ2n) is 7.90. The third-order valence-electron chi connectivity index (χ3n) is 5.53. The summed E-state index contributed by atoms with van der Waals surface area (Å²) in [6, 6.07) is 10.1. The van der Waals surface area contributed by atoms with Crippen LogP contribution >= 0.6 is 11.6 Å². The molecule has 1 amide bonds. The number of carbonyl (C=O) groups is 1. The number of nitrogens with one attached hydrogen (secondary N) is 1. The molecule has 8 heteroatoms. The van der Waals surface area contributed by atoms with Crippen molar-refractivity contribution in [1.82, 2.24) is 14.5 Å². The van der Waals surface area contributed by atoms with E-state index in [0.717, 1.165) is 16.7 Å². The first-order chi connectivity index (χ1) is 14.1. The first-order valence-electron chi connectivity index (χ1n) is 9.96. The lowest BCUT2D eigenvalue weighted by Gasteiger charge is -2.31. The zero-order valence-electron chi connectivity index (χ0n) is 17.8. The Kier molecular flexibility index (Phi) is 6.87. The van der Waals surface area contributed by atoms with Crippen LogP contribution in [0.25, 0.3) is 0 Å². The second-order valence-corrected chi connectivity index (χ2v) is 10.2. The number of aryl methyl sites for hydroxylation is 2. The molecule has 1 atom stereocenters. The lowest BCUT2D eigenvalue weighted by molar-refractivity contribution is 0.0939. The highest BCUT2D eigenvalue weighted by Gasteiger charge is 2.28. The van der Waals surface area contributed by atoms with Crippen LogP contribution in [0.1, 0.15) is 40.0 Å². The van der Waals surface area contributed by atoms with Crippen molar-refractivity contribution in [1.29, 1.82) is 0 Å². The minimum atomic E-state index is -3.68. The molecular formula is C22H28ClN3O3S. The zero-order valence-corrected chi connectivity index (χ0v) is 19.3. The van der Waals surface area contributed by atoms with Crippen LogP contribution in [0.4, 0.5) is 0 Å². The van der Waals surface area contributed by atoms with Crippen LogP contribution in [0.2, 0.25) is 5.02 Å². The summed E-state index contributed by atoms with van der Waals surface area (Å²) in [6.45, 7) is 8.09. The predicted octanol–water partition coefficient (Wildman–Crippen LogP) is 3.38. The van der Waals surface area contributed by atoms with Crippen LogP contribution in [0.15, 0.2) is 41.3 Å². The summed E-state index contributed by atoms with van der Waals surface area (Å²) in [6.07, 6.45) is 0. The number of sulfonamides is 1. The van der Waals surface area contributed by atoms with Gasteiger partial charge in [-0.1, -0.05) is 35.4 Å². The molecule has 6 nitrogen and oxygen atoms in total. The van der Waals surface area contributed by atoms with Gasteiger partial charge in [0.15, 0.2) is 0 Å². The molecule has 1 saturated heterocycles. The van der Waals surface area contributed by atoms with Crippen LogP contribution < -0.4 is 5.32 Å². The summed E-state index contributed by atoms with van der Waals surface area (Å²) < 4.78 is 27.5. The van der Waals surface area contributed by atoms with E-state index in [1.807, 2.05) is 46.0 Å². The van der Waals surface area contributed by atoms with E-state index in [-0.39, 0.29) is 21.5 Å². The summed E-state index contributed by atoms with van der Waals surface area (Å²) in [5, 5.41) is 3.17. The van der Waals surface area contributed by atoms with Gasteiger partial charge in [-0.25, -0.2) is 8.42 Å². The SMILES string of the molecule is Cc1ccc(C)c([C@@H](C)NC(=O)c2cc(S(=O)(=O)N3CCN(C)CC3)ccc2Cl)c1. The van der Waals surface area contributed by atoms with Gasteiger partial charge in [0.25, 0.3) is 5.91 Å². The van der Waals surface area contributed by atoms with Crippen molar-refractivity contribution in [3.63, 3.8) is 0 Å². The highest BCUT2D eigenvalue weighted by Crippen LogP contribution is 2.25. The molecule has 0 aliphatic carbocycles. The summed E-state index contributed by atoms with van der Waals surface area (Å²) in [5.41, 5.74) is 3.35. The van der Waals surface area contributed by atoms with Gasteiger partial charge in [-0.3, -0.25) is 4.79 Å². The molecule has 0 unspecified atom stereocenters. The fourth-order valence-electron chi connectivity index (χ4n) is 3.59. The van der Waals surface area contributed by atoms with Gasteiger partial charge in [0.1, 0.15) is 0 Å². The van der Waals surface area contributed by atoms with Gasteiger partial charge >= 0.3 is 0 Å². The minimum Gasteiger partial charge on any atom is -0.345 e. The number of rotatable bonds is 5. The van der Waals surface area contributed by atoms with Crippen molar-refractivity contribution in [3.05, 3.63) is 63.7 Å². The largest absolute Gasteiger partial charge is 0.345 e. The van der Waals surface area contributed by atoms with Crippen molar-refractivity contribution in [3.8, 4) is 0 Å². The Labute approximate surface area is 183 Å². The molecule has 0 spiro atoms. The molecule has 1 fully saturated rings. The summed E-state index contributed by atoms with van der Waals surface area (Å²) in [4.78, 5) is 15.1. The molecule has 0 radical (unpaired) electrons. The molecule has 2 aromatic rings. The van der Waals surface area contributed by atoms with Crippen molar-refractivity contribution >= 4 is 27.5 Å². The fourth-order valence-corrected chi connectivity index (χ4v) is 5.25. The molecule has 1 aliphatic heterocycles. The van der Waals surface area contributed by atoms with Gasteiger partial charge in [-0.2, -0.15) is 4.31 Å². The molecule has 1 heterocycles. The maximum Gasteiger partial charge on any atom is 0.253 e. The summed E-state index contributed by atoms with van der Waals surface area (Å²) >= 11 is 6.26. The molecule has 1 aliphatic rings. The Morgan fingerprint density at radius 2 is 1.73 bits per heavy atom. The van der Waals surface area contributed by atoms with Crippen LogP contribution in [0, 0.1) is 13.8 Å². The number of piperazine rings is 1. The van der Waals surface area contributed by atoms with Gasteiger partial charge in [0, 0.05) is 26.2 Å². The summed E-state index contributed by atoms with van der Waals surface area (Å²) in [7, 11) is -1.72. The molecular weight excluding hydrogens is 422 g/mol. The number of carbonyl (C=O) groups excluding carboxylic acids is 1. The van der Waals surface area contributed by atoms with E-state index in [4.69, 9.17) is 11.6 Å². The Morgan fingerprint density at radius 1 is 1.07 bits per heavy atom. The quantitative estimate of drug-likeness (QED) is 0.759. The van der Waals surface area contributed by atoms with E-state index in [1.54, 1.807) is 0 Å². The highest BCUT2D eigenvalue weighted by atomic mass is 35.5. The van der Waals surface area contributed by atoms with E-state index in [2.05, 4.69) is 10.2 Å². The van der Waals surface area contributed by atoms with Crippen LogP contribution in [0.3, 0.4) is 0 Å². The van der Waals surface area contributed by atoms with Crippen molar-refractivity contribution in [2.75, 3.05) is 33.2 Å². The normalized spacial score (nSPS) is 17.0. The van der Waals surface area contributed by atoms with Gasteiger partial charge in [-0.15, -0.1) is 0 Å². The number of nitrogens with zero attached hydrogens (tertiary/aromatic N) is 2. The van der Waals surface area contributed by atoms with E-state index in [0.29, 0.717) is 26.2 Å². The van der Waals surface area contributed by atoms with Crippen LogP contribution in [-0.2, 0) is 10.0 Å². The van der Waals surface area contributed by atoms with Crippen molar-refractivity contribution in [2.24, 2.45) is 0 Å². The zero-order chi connectivity index (χ0) is 22.1. The second kappa shape index (κ2) is 9.06. The van der Waals surface area contributed by atoms with E-state index in [1.165, 1.54) is 22.5 Å². The number of likely N-dealkylation sites (N-methyl/N-ethyl adjacent to an activating group) is 1. The number of hydrogen-bond donors (Lipinski definition) is 1. The molecule has 3 rings (SSSR count). The summed E-state index contributed by atoms with van der Waals surface area (Å²) in [5.74, 6) is -0.399. The van der Waals surface area contributed by atoms with E-state index in [9.17, 15) is 13.2 Å². The Morgan fingerprint density at radius 3 is 2.40 bits per heavy atom. The van der Waals surface area contributed by atoms with Gasteiger partial charge in [-0.05, 0) is 57.1 Å². The maximum atomic E-state index is 13.0. The van der Waals surface area contributed by atoms with Crippen molar-refractivity contribution < 1.29 is 13.2 Å². The van der Waals surface area contributed by atoms with Gasteiger partial charge in [0.2, 0.25) is 10.0 Å². The van der Waals surface area contributed by atoms with Gasteiger partial charge < -0.3 is 10.2 Å². The fraction of sp³-hybridized carbons (Fsp3) is 0.409. The number of amides is 1. The molecule has 2 aromatic carbocycles. The Balaban J connectivity index is 1.84. The van der Waals surface area contributed by atoms with Crippen LogP contribution in [-0.4, -0.2) is 56.8 Å². The predicted molar refractivity (Wildman–Crippen MR) is 120 cm³/mol. The minimum absolute atomic E-state index is 0.0843. The molecule has 162 valence electrons. The average molecular weight is 450 g/mol. The average Bonchev–Trinajstić information content (AvgIpc) is 2.70. The smallest absolute Gasteiger partial charge is 0.253 e. The van der Waals surface area contributed by atoms with Crippen molar-refractivity contribution in [2.45, 2.75) is 31.7 Å². The Hall–Kier alpha value is -1.93. The third-order valence-corrected chi connectivity index (χ3v) is 7.76.